The van der Waals surface area contributed by atoms with Crippen LogP contribution in [0, 0.1) is 0 Å². The van der Waals surface area contributed by atoms with E-state index in [1.807, 2.05) is 11.8 Å². The number of hydrogen-bond donors (Lipinski definition) is 1. The molecule has 1 fully saturated rings. The summed E-state index contributed by atoms with van der Waals surface area (Å²) in [7, 11) is 0. The van der Waals surface area contributed by atoms with Gasteiger partial charge in [-0.1, -0.05) is 19.1 Å². The van der Waals surface area contributed by atoms with Crippen LogP contribution in [0.4, 0.5) is 0 Å². The van der Waals surface area contributed by atoms with Crippen molar-refractivity contribution < 1.29 is 0 Å². The number of hydrogen-bond acceptors (Lipinski definition) is 3. The quantitative estimate of drug-likeness (QED) is 0.827. The lowest BCUT2D eigenvalue weighted by Crippen LogP contribution is -2.27. The number of nitrogens with zero attached hydrogens (tertiary/aromatic N) is 1. The highest BCUT2D eigenvalue weighted by Gasteiger charge is 2.08. The van der Waals surface area contributed by atoms with Gasteiger partial charge in [0.25, 0.3) is 0 Å². The van der Waals surface area contributed by atoms with Crippen LogP contribution in [0.25, 0.3) is 0 Å². The Morgan fingerprint density at radius 3 is 2.76 bits per heavy atom. The van der Waals surface area contributed by atoms with E-state index in [1.165, 1.54) is 36.5 Å². The van der Waals surface area contributed by atoms with Crippen LogP contribution in [-0.2, 0) is 6.54 Å². The van der Waals surface area contributed by atoms with Crippen LogP contribution in [0.2, 0.25) is 0 Å². The van der Waals surface area contributed by atoms with Gasteiger partial charge in [0.05, 0.1) is 0 Å². The topological polar surface area (TPSA) is 15.3 Å². The molecule has 0 spiro atoms. The number of thioether (sulfide) groups is 1. The van der Waals surface area contributed by atoms with Crippen molar-refractivity contribution in [3.8, 4) is 0 Å². The molecule has 0 aliphatic carbocycles. The molecule has 2 rings (SSSR count). The van der Waals surface area contributed by atoms with Crippen LogP contribution in [0.1, 0.15) is 18.9 Å². The highest BCUT2D eigenvalue weighted by Crippen LogP contribution is 2.18. The first-order valence-corrected chi connectivity index (χ1v) is 7.52. The maximum Gasteiger partial charge on any atom is 0.0234 e. The maximum absolute atomic E-state index is 3.44. The summed E-state index contributed by atoms with van der Waals surface area (Å²) < 4.78 is 0. The molecule has 1 aliphatic heterocycles. The summed E-state index contributed by atoms with van der Waals surface area (Å²) in [6, 6.07) is 9.05. The molecule has 0 saturated carbocycles. The largest absolute Gasteiger partial charge is 0.315 e. The highest BCUT2D eigenvalue weighted by molar-refractivity contribution is 7.99. The van der Waals surface area contributed by atoms with Crippen molar-refractivity contribution in [2.24, 2.45) is 0 Å². The summed E-state index contributed by atoms with van der Waals surface area (Å²) >= 11 is 1.91. The second-order valence-corrected chi connectivity index (χ2v) is 5.79. The number of benzene rings is 1. The van der Waals surface area contributed by atoms with Gasteiger partial charge in [-0.15, -0.1) is 11.8 Å². The van der Waals surface area contributed by atoms with E-state index in [1.54, 1.807) is 0 Å². The Hall–Kier alpha value is -0.510. The van der Waals surface area contributed by atoms with Crippen LogP contribution in [-0.4, -0.2) is 36.8 Å². The van der Waals surface area contributed by atoms with E-state index in [4.69, 9.17) is 0 Å². The molecule has 94 valence electrons. The van der Waals surface area contributed by atoms with Gasteiger partial charge in [0.1, 0.15) is 0 Å². The SMILES string of the molecule is CCSc1ccc(CN2CCCNCC2)cc1. The van der Waals surface area contributed by atoms with Crippen molar-refractivity contribution >= 4 is 11.8 Å². The molecule has 3 heteroatoms. The maximum atomic E-state index is 3.44. The summed E-state index contributed by atoms with van der Waals surface area (Å²) in [5, 5.41) is 3.44. The van der Waals surface area contributed by atoms with Crippen LogP contribution in [0.15, 0.2) is 29.2 Å². The van der Waals surface area contributed by atoms with Crippen molar-refractivity contribution in [2.75, 3.05) is 31.9 Å². The highest BCUT2D eigenvalue weighted by atomic mass is 32.2. The third-order valence-electron chi connectivity index (χ3n) is 3.07. The van der Waals surface area contributed by atoms with Crippen molar-refractivity contribution in [3.05, 3.63) is 29.8 Å². The van der Waals surface area contributed by atoms with Gasteiger partial charge in [-0.2, -0.15) is 0 Å². The van der Waals surface area contributed by atoms with Crippen molar-refractivity contribution in [3.63, 3.8) is 0 Å². The van der Waals surface area contributed by atoms with E-state index in [2.05, 4.69) is 41.4 Å². The van der Waals surface area contributed by atoms with Crippen molar-refractivity contribution in [1.29, 1.82) is 0 Å². The van der Waals surface area contributed by atoms with Crippen molar-refractivity contribution in [2.45, 2.75) is 24.8 Å². The third-order valence-corrected chi connectivity index (χ3v) is 3.97. The average molecular weight is 250 g/mol. The fourth-order valence-electron chi connectivity index (χ4n) is 2.18. The molecule has 0 atom stereocenters. The Kier molecular flexibility index (Phi) is 5.36. The van der Waals surface area contributed by atoms with E-state index in [-0.39, 0.29) is 0 Å². The minimum absolute atomic E-state index is 1.10. The van der Waals surface area contributed by atoms with Crippen molar-refractivity contribution in [1.82, 2.24) is 10.2 Å². The molecule has 0 unspecified atom stereocenters. The van der Waals surface area contributed by atoms with Crippen LogP contribution in [0.3, 0.4) is 0 Å². The van der Waals surface area contributed by atoms with Gasteiger partial charge in [-0.3, -0.25) is 4.90 Å². The van der Waals surface area contributed by atoms with Gasteiger partial charge in [0, 0.05) is 24.5 Å². The molecule has 1 aromatic rings. The molecule has 0 bridgehead atoms. The van der Waals surface area contributed by atoms with E-state index in [0.717, 1.165) is 18.8 Å². The summed E-state index contributed by atoms with van der Waals surface area (Å²) in [6.07, 6.45) is 1.27. The van der Waals surface area contributed by atoms with Crippen LogP contribution >= 0.6 is 11.8 Å². The first-order valence-electron chi connectivity index (χ1n) is 6.53. The monoisotopic (exact) mass is 250 g/mol. The lowest BCUT2D eigenvalue weighted by molar-refractivity contribution is 0.284. The fraction of sp³-hybridized carbons (Fsp3) is 0.571. The van der Waals surface area contributed by atoms with E-state index in [0.29, 0.717) is 0 Å². The second-order valence-electron chi connectivity index (χ2n) is 4.46. The molecular weight excluding hydrogens is 228 g/mol. The molecule has 0 radical (unpaired) electrons. The van der Waals surface area contributed by atoms with Gasteiger partial charge in [-0.05, 0) is 43.0 Å². The predicted molar refractivity (Wildman–Crippen MR) is 75.6 cm³/mol. The molecule has 0 aromatic heterocycles. The predicted octanol–water partition coefficient (Wildman–Crippen LogP) is 2.59. The van der Waals surface area contributed by atoms with Gasteiger partial charge >= 0.3 is 0 Å². The minimum Gasteiger partial charge on any atom is -0.315 e. The Morgan fingerprint density at radius 1 is 1.18 bits per heavy atom. The Balaban J connectivity index is 1.88. The lowest BCUT2D eigenvalue weighted by Gasteiger charge is -2.19. The van der Waals surface area contributed by atoms with Gasteiger partial charge in [0.2, 0.25) is 0 Å². The fourth-order valence-corrected chi connectivity index (χ4v) is 2.84. The standard InChI is InChI=1S/C14H22N2S/c1-2-17-14-6-4-13(5-7-14)12-16-10-3-8-15-9-11-16/h4-7,15H,2-3,8-12H2,1H3. The summed E-state index contributed by atoms with van der Waals surface area (Å²) in [6.45, 7) is 7.98. The number of rotatable bonds is 4. The zero-order chi connectivity index (χ0) is 11.9. The molecule has 1 aromatic carbocycles. The third kappa shape index (κ3) is 4.34. The first-order chi connectivity index (χ1) is 8.38. The van der Waals surface area contributed by atoms with E-state index >= 15 is 0 Å². The summed E-state index contributed by atoms with van der Waals surface area (Å²) in [4.78, 5) is 3.93. The average Bonchev–Trinajstić information content (AvgIpc) is 2.61. The molecule has 1 saturated heterocycles. The van der Waals surface area contributed by atoms with Gasteiger partial charge in [0.15, 0.2) is 0 Å². The molecule has 17 heavy (non-hydrogen) atoms. The smallest absolute Gasteiger partial charge is 0.0234 e. The van der Waals surface area contributed by atoms with Crippen LogP contribution in [0.5, 0.6) is 0 Å². The molecule has 2 nitrogen and oxygen atoms in total. The minimum atomic E-state index is 1.10. The second kappa shape index (κ2) is 7.04. The zero-order valence-corrected chi connectivity index (χ0v) is 11.4. The van der Waals surface area contributed by atoms with Crippen LogP contribution < -0.4 is 5.32 Å². The molecular formula is C14H22N2S. The zero-order valence-electron chi connectivity index (χ0n) is 10.6. The van der Waals surface area contributed by atoms with Gasteiger partial charge in [-0.25, -0.2) is 0 Å². The summed E-state index contributed by atoms with van der Waals surface area (Å²) in [5.74, 6) is 1.15. The Morgan fingerprint density at radius 2 is 2.00 bits per heavy atom. The first kappa shape index (κ1) is 12.9. The Labute approximate surface area is 109 Å². The molecule has 1 heterocycles. The molecule has 1 N–H and O–H groups in total. The Bertz CT molecular complexity index is 315. The van der Waals surface area contributed by atoms with E-state index < -0.39 is 0 Å². The molecule has 0 amide bonds. The molecule has 1 aliphatic rings. The number of nitrogens with one attached hydrogen (secondary N) is 1. The van der Waals surface area contributed by atoms with E-state index in [9.17, 15) is 0 Å². The van der Waals surface area contributed by atoms with Gasteiger partial charge < -0.3 is 5.32 Å². The summed E-state index contributed by atoms with van der Waals surface area (Å²) in [5.41, 5.74) is 1.44. The lowest BCUT2D eigenvalue weighted by atomic mass is 10.2. The normalized spacial score (nSPS) is 17.9.